The zero-order valence-electron chi connectivity index (χ0n) is 10.2. The quantitative estimate of drug-likeness (QED) is 0.833. The van der Waals surface area contributed by atoms with Crippen molar-refractivity contribution in [2.24, 2.45) is 5.73 Å². The van der Waals surface area contributed by atoms with Crippen molar-refractivity contribution in [1.82, 2.24) is 0 Å². The van der Waals surface area contributed by atoms with Gasteiger partial charge in [-0.25, -0.2) is 4.39 Å². The Morgan fingerprint density at radius 2 is 1.94 bits per heavy atom. The Balaban J connectivity index is 2.95. The number of halogens is 1. The van der Waals surface area contributed by atoms with Gasteiger partial charge in [-0.15, -0.1) is 0 Å². The SMILES string of the molecule is CCC(CC)Oc1cc(F)ccc1C(C)N. The fourth-order valence-corrected chi connectivity index (χ4v) is 1.62. The Hall–Kier alpha value is -1.09. The first kappa shape index (κ1) is 13.0. The van der Waals surface area contributed by atoms with Gasteiger partial charge in [0.05, 0.1) is 6.10 Å². The van der Waals surface area contributed by atoms with Crippen molar-refractivity contribution in [3.8, 4) is 5.75 Å². The molecule has 2 N–H and O–H groups in total. The standard InChI is InChI=1S/C13H20FNO/c1-4-11(5-2)16-13-8-10(14)6-7-12(13)9(3)15/h6-9,11H,4-5,15H2,1-3H3. The van der Waals surface area contributed by atoms with Crippen LogP contribution < -0.4 is 10.5 Å². The molecule has 0 amide bonds. The zero-order valence-corrected chi connectivity index (χ0v) is 10.2. The minimum Gasteiger partial charge on any atom is -0.490 e. The van der Waals surface area contributed by atoms with Gasteiger partial charge in [-0.3, -0.25) is 0 Å². The van der Waals surface area contributed by atoms with Crippen molar-refractivity contribution >= 4 is 0 Å². The van der Waals surface area contributed by atoms with Crippen LogP contribution in [0.3, 0.4) is 0 Å². The molecule has 1 rings (SSSR count). The maximum atomic E-state index is 13.1. The van der Waals surface area contributed by atoms with Crippen LogP contribution in [-0.2, 0) is 0 Å². The molecule has 3 heteroatoms. The molecule has 0 aromatic heterocycles. The Morgan fingerprint density at radius 3 is 2.44 bits per heavy atom. The highest BCUT2D eigenvalue weighted by molar-refractivity contribution is 5.36. The summed E-state index contributed by atoms with van der Waals surface area (Å²) < 4.78 is 18.9. The predicted molar refractivity (Wildman–Crippen MR) is 64.0 cm³/mol. The number of rotatable bonds is 5. The summed E-state index contributed by atoms with van der Waals surface area (Å²) in [5.41, 5.74) is 6.68. The second-order valence-corrected chi connectivity index (χ2v) is 4.03. The normalized spacial score (nSPS) is 12.9. The predicted octanol–water partition coefficient (Wildman–Crippen LogP) is 3.41. The van der Waals surface area contributed by atoms with Crippen LogP contribution in [0.2, 0.25) is 0 Å². The summed E-state index contributed by atoms with van der Waals surface area (Å²) in [5, 5.41) is 0. The van der Waals surface area contributed by atoms with Crippen LogP contribution in [0.15, 0.2) is 18.2 Å². The fraction of sp³-hybridized carbons (Fsp3) is 0.538. The molecule has 0 radical (unpaired) electrons. The van der Waals surface area contributed by atoms with Crippen LogP contribution in [0.25, 0.3) is 0 Å². The number of ether oxygens (including phenoxy) is 1. The lowest BCUT2D eigenvalue weighted by molar-refractivity contribution is 0.189. The Kier molecular flexibility index (Phi) is 4.74. The molecule has 0 bridgehead atoms. The van der Waals surface area contributed by atoms with Gasteiger partial charge in [0, 0.05) is 17.7 Å². The van der Waals surface area contributed by atoms with Gasteiger partial charge < -0.3 is 10.5 Å². The molecule has 90 valence electrons. The van der Waals surface area contributed by atoms with E-state index >= 15 is 0 Å². The molecule has 1 atom stereocenters. The topological polar surface area (TPSA) is 35.2 Å². The van der Waals surface area contributed by atoms with E-state index in [0.29, 0.717) is 5.75 Å². The second-order valence-electron chi connectivity index (χ2n) is 4.03. The molecule has 0 fully saturated rings. The Labute approximate surface area is 96.6 Å². The van der Waals surface area contributed by atoms with Crippen molar-refractivity contribution in [2.45, 2.75) is 45.8 Å². The summed E-state index contributed by atoms with van der Waals surface area (Å²) in [5.74, 6) is 0.286. The highest BCUT2D eigenvalue weighted by Gasteiger charge is 2.13. The number of benzene rings is 1. The van der Waals surface area contributed by atoms with Gasteiger partial charge >= 0.3 is 0 Å². The summed E-state index contributed by atoms with van der Waals surface area (Å²) in [6, 6.07) is 4.37. The number of hydrogen-bond acceptors (Lipinski definition) is 2. The average molecular weight is 225 g/mol. The highest BCUT2D eigenvalue weighted by Crippen LogP contribution is 2.26. The number of nitrogens with two attached hydrogens (primary N) is 1. The van der Waals surface area contributed by atoms with E-state index in [-0.39, 0.29) is 18.0 Å². The lowest BCUT2D eigenvalue weighted by Gasteiger charge is -2.19. The van der Waals surface area contributed by atoms with Crippen LogP contribution in [0.4, 0.5) is 4.39 Å². The van der Waals surface area contributed by atoms with Crippen LogP contribution >= 0.6 is 0 Å². The van der Waals surface area contributed by atoms with E-state index in [4.69, 9.17) is 10.5 Å². The van der Waals surface area contributed by atoms with Crippen LogP contribution in [0.5, 0.6) is 5.75 Å². The van der Waals surface area contributed by atoms with E-state index in [9.17, 15) is 4.39 Å². The van der Waals surface area contributed by atoms with Crippen molar-refractivity contribution in [3.63, 3.8) is 0 Å². The Morgan fingerprint density at radius 1 is 1.31 bits per heavy atom. The summed E-state index contributed by atoms with van der Waals surface area (Å²) in [4.78, 5) is 0. The van der Waals surface area contributed by atoms with Crippen LogP contribution in [0.1, 0.15) is 45.2 Å². The average Bonchev–Trinajstić information content (AvgIpc) is 2.25. The van der Waals surface area contributed by atoms with Gasteiger partial charge in [0.1, 0.15) is 11.6 Å². The molecule has 0 aliphatic heterocycles. The molecule has 0 spiro atoms. The van der Waals surface area contributed by atoms with Crippen molar-refractivity contribution in [2.75, 3.05) is 0 Å². The summed E-state index contributed by atoms with van der Waals surface area (Å²) in [6.45, 7) is 5.98. The Bertz CT molecular complexity index is 335. The molecule has 1 aromatic rings. The number of hydrogen-bond donors (Lipinski definition) is 1. The van der Waals surface area contributed by atoms with E-state index in [0.717, 1.165) is 18.4 Å². The van der Waals surface area contributed by atoms with Crippen molar-refractivity contribution in [1.29, 1.82) is 0 Å². The van der Waals surface area contributed by atoms with Gasteiger partial charge in [-0.05, 0) is 25.8 Å². The third kappa shape index (κ3) is 3.20. The maximum Gasteiger partial charge on any atom is 0.127 e. The molecule has 0 saturated carbocycles. The third-order valence-corrected chi connectivity index (χ3v) is 2.67. The minimum absolute atomic E-state index is 0.124. The first-order valence-electron chi connectivity index (χ1n) is 5.80. The molecule has 1 aromatic carbocycles. The fourth-order valence-electron chi connectivity index (χ4n) is 1.62. The van der Waals surface area contributed by atoms with Gasteiger partial charge in [0.2, 0.25) is 0 Å². The smallest absolute Gasteiger partial charge is 0.127 e. The molecule has 0 aliphatic rings. The molecule has 0 saturated heterocycles. The molecule has 0 heterocycles. The monoisotopic (exact) mass is 225 g/mol. The summed E-state index contributed by atoms with van der Waals surface area (Å²) >= 11 is 0. The first-order chi connectivity index (χ1) is 7.58. The van der Waals surface area contributed by atoms with E-state index < -0.39 is 0 Å². The van der Waals surface area contributed by atoms with Gasteiger partial charge in [-0.2, -0.15) is 0 Å². The van der Waals surface area contributed by atoms with Crippen LogP contribution in [0, 0.1) is 5.82 Å². The van der Waals surface area contributed by atoms with E-state index in [1.807, 2.05) is 6.92 Å². The third-order valence-electron chi connectivity index (χ3n) is 2.67. The second kappa shape index (κ2) is 5.85. The molecular formula is C13H20FNO. The van der Waals surface area contributed by atoms with Gasteiger partial charge in [-0.1, -0.05) is 19.9 Å². The lowest BCUT2D eigenvalue weighted by Crippen LogP contribution is -2.16. The maximum absolute atomic E-state index is 13.1. The van der Waals surface area contributed by atoms with Gasteiger partial charge in [0.15, 0.2) is 0 Å². The van der Waals surface area contributed by atoms with Gasteiger partial charge in [0.25, 0.3) is 0 Å². The molecule has 1 unspecified atom stereocenters. The first-order valence-corrected chi connectivity index (χ1v) is 5.80. The molecule has 16 heavy (non-hydrogen) atoms. The summed E-state index contributed by atoms with van der Waals surface area (Å²) in [7, 11) is 0. The van der Waals surface area contributed by atoms with Crippen molar-refractivity contribution < 1.29 is 9.13 Å². The molecular weight excluding hydrogens is 205 g/mol. The highest BCUT2D eigenvalue weighted by atomic mass is 19.1. The van der Waals surface area contributed by atoms with Crippen molar-refractivity contribution in [3.05, 3.63) is 29.6 Å². The van der Waals surface area contributed by atoms with E-state index in [2.05, 4.69) is 13.8 Å². The largest absolute Gasteiger partial charge is 0.490 e. The zero-order chi connectivity index (χ0) is 12.1. The molecule has 0 aliphatic carbocycles. The van der Waals surface area contributed by atoms with E-state index in [1.54, 1.807) is 6.07 Å². The van der Waals surface area contributed by atoms with Crippen LogP contribution in [-0.4, -0.2) is 6.10 Å². The minimum atomic E-state index is -0.287. The lowest BCUT2D eigenvalue weighted by atomic mass is 10.1. The van der Waals surface area contributed by atoms with E-state index in [1.165, 1.54) is 12.1 Å². The summed E-state index contributed by atoms with van der Waals surface area (Å²) in [6.07, 6.45) is 1.94. The molecule has 2 nitrogen and oxygen atoms in total.